The fraction of sp³-hybridized carbons (Fsp3) is 0.459. The molecule has 11 heteroatoms. The number of methoxy groups -OCH3 is 2. The number of aliphatic hydroxyl groups excluding tert-OH is 2. The van der Waals surface area contributed by atoms with Crippen LogP contribution in [-0.2, 0) is 13.0 Å². The standard InChI is InChI=1S/C37H43Cl2N5O4/c1-47-36-28(15-3-8-22-9-4-16-32(22)45)41-20-29(43-36)26-13-6-11-24(34(26)38)25-12-7-14-27(35(25)39)30-21-42-31(37(44-30)48-2)19-40-18-23-10-5-17-33(23)46/h6-7,11-14,20-23,32-33,40,45-46H,3-5,8-10,15-19H2,1-2H3/t22-,23+,32-,33-/m0/s1. The number of aromatic nitrogens is 4. The van der Waals surface area contributed by atoms with Gasteiger partial charge in [0, 0.05) is 35.3 Å². The number of ether oxygens (including phenoxy) is 2. The Morgan fingerprint density at radius 2 is 1.25 bits per heavy atom. The molecule has 2 aliphatic rings. The Bertz CT molecular complexity index is 1600. The minimum atomic E-state index is -0.245. The van der Waals surface area contributed by atoms with Crippen molar-refractivity contribution in [2.24, 2.45) is 11.8 Å². The van der Waals surface area contributed by atoms with E-state index in [1.54, 1.807) is 26.6 Å². The Labute approximate surface area is 292 Å². The van der Waals surface area contributed by atoms with Crippen molar-refractivity contribution in [3.63, 3.8) is 0 Å². The molecule has 2 aliphatic carbocycles. The fourth-order valence-corrected chi connectivity index (χ4v) is 7.72. The number of halogens is 2. The van der Waals surface area contributed by atoms with Crippen molar-refractivity contribution in [3.05, 3.63) is 70.2 Å². The van der Waals surface area contributed by atoms with Crippen LogP contribution in [0.3, 0.4) is 0 Å². The van der Waals surface area contributed by atoms with Crippen molar-refractivity contribution in [1.29, 1.82) is 0 Å². The van der Waals surface area contributed by atoms with E-state index < -0.39 is 0 Å². The van der Waals surface area contributed by atoms with E-state index in [4.69, 9.17) is 47.6 Å². The zero-order valence-corrected chi connectivity index (χ0v) is 29.0. The molecule has 0 radical (unpaired) electrons. The first-order chi connectivity index (χ1) is 23.4. The van der Waals surface area contributed by atoms with Crippen molar-refractivity contribution in [2.75, 3.05) is 20.8 Å². The average Bonchev–Trinajstić information content (AvgIpc) is 3.71. The molecule has 2 aromatic heterocycles. The van der Waals surface area contributed by atoms with Crippen LogP contribution in [0.5, 0.6) is 11.8 Å². The number of hydrogen-bond acceptors (Lipinski definition) is 9. The van der Waals surface area contributed by atoms with E-state index in [2.05, 4.69) is 10.3 Å². The lowest BCUT2D eigenvalue weighted by Gasteiger charge is -2.16. The molecule has 2 heterocycles. The van der Waals surface area contributed by atoms with Crippen LogP contribution < -0.4 is 14.8 Å². The highest BCUT2D eigenvalue weighted by Gasteiger charge is 2.26. The highest BCUT2D eigenvalue weighted by atomic mass is 35.5. The maximum Gasteiger partial charge on any atom is 0.237 e. The topological polar surface area (TPSA) is 123 Å². The molecule has 4 atom stereocenters. The lowest BCUT2D eigenvalue weighted by atomic mass is 9.97. The van der Waals surface area contributed by atoms with Crippen LogP contribution in [0.1, 0.15) is 62.8 Å². The molecule has 0 unspecified atom stereocenters. The van der Waals surface area contributed by atoms with E-state index in [1.165, 1.54) is 0 Å². The zero-order valence-electron chi connectivity index (χ0n) is 27.5. The van der Waals surface area contributed by atoms with Gasteiger partial charge in [-0.3, -0.25) is 9.97 Å². The first-order valence-electron chi connectivity index (χ1n) is 16.8. The Morgan fingerprint density at radius 3 is 1.79 bits per heavy atom. The van der Waals surface area contributed by atoms with Gasteiger partial charge >= 0.3 is 0 Å². The van der Waals surface area contributed by atoms with E-state index in [-0.39, 0.29) is 18.1 Å². The SMILES string of the molecule is COc1nc(-c2cccc(-c3cccc(-c4cnc(CNC[C@H]5CCC[C@@H]5O)c(OC)n4)c3Cl)c2Cl)cnc1CCC[C@H]1CCC[C@@H]1O. The normalized spacial score (nSPS) is 20.7. The third kappa shape index (κ3) is 7.61. The molecule has 2 aromatic carbocycles. The van der Waals surface area contributed by atoms with Gasteiger partial charge in [-0.15, -0.1) is 0 Å². The fourth-order valence-electron chi connectivity index (χ4n) is 7.07. The number of rotatable bonds is 13. The third-order valence-electron chi connectivity index (χ3n) is 9.77. The van der Waals surface area contributed by atoms with Gasteiger partial charge in [-0.25, -0.2) is 9.97 Å². The largest absolute Gasteiger partial charge is 0.480 e. The van der Waals surface area contributed by atoms with Crippen LogP contribution in [-0.4, -0.2) is 63.1 Å². The third-order valence-corrected chi connectivity index (χ3v) is 10.6. The second kappa shape index (κ2) is 15.9. The average molecular weight is 693 g/mol. The second-order valence-electron chi connectivity index (χ2n) is 12.8. The summed E-state index contributed by atoms with van der Waals surface area (Å²) in [6.07, 6.45) is 11.7. The Hall–Kier alpha value is -3.34. The summed E-state index contributed by atoms with van der Waals surface area (Å²) in [7, 11) is 3.18. The smallest absolute Gasteiger partial charge is 0.237 e. The molecule has 0 spiro atoms. The van der Waals surface area contributed by atoms with Crippen LogP contribution in [0.2, 0.25) is 10.0 Å². The minimum Gasteiger partial charge on any atom is -0.480 e. The predicted octanol–water partition coefficient (Wildman–Crippen LogP) is 7.33. The summed E-state index contributed by atoms with van der Waals surface area (Å²) in [4.78, 5) is 18.9. The number of aryl methyl sites for hydroxylation is 1. The molecule has 2 saturated carbocycles. The summed E-state index contributed by atoms with van der Waals surface area (Å²) in [5.41, 5.74) is 5.56. The van der Waals surface area contributed by atoms with Gasteiger partial charge in [-0.05, 0) is 56.8 Å². The Kier molecular flexibility index (Phi) is 11.4. The van der Waals surface area contributed by atoms with Crippen molar-refractivity contribution in [3.8, 4) is 45.4 Å². The second-order valence-corrected chi connectivity index (χ2v) is 13.6. The lowest BCUT2D eigenvalue weighted by Crippen LogP contribution is -2.28. The van der Waals surface area contributed by atoms with Crippen LogP contribution in [0.25, 0.3) is 33.6 Å². The zero-order chi connectivity index (χ0) is 33.6. The summed E-state index contributed by atoms with van der Waals surface area (Å²) >= 11 is 14.1. The van der Waals surface area contributed by atoms with Gasteiger partial charge in [0.25, 0.3) is 0 Å². The van der Waals surface area contributed by atoms with Crippen molar-refractivity contribution in [1.82, 2.24) is 25.3 Å². The molecule has 0 saturated heterocycles. The monoisotopic (exact) mass is 691 g/mol. The molecule has 254 valence electrons. The predicted molar refractivity (Wildman–Crippen MR) is 188 cm³/mol. The van der Waals surface area contributed by atoms with Gasteiger partial charge in [-0.2, -0.15) is 0 Å². The number of benzene rings is 2. The molecule has 4 aromatic rings. The van der Waals surface area contributed by atoms with E-state index >= 15 is 0 Å². The minimum absolute atomic E-state index is 0.184. The number of nitrogens with zero attached hydrogens (tertiary/aromatic N) is 4. The first-order valence-corrected chi connectivity index (χ1v) is 17.6. The maximum absolute atomic E-state index is 10.2. The summed E-state index contributed by atoms with van der Waals surface area (Å²) < 4.78 is 11.2. The van der Waals surface area contributed by atoms with Crippen LogP contribution >= 0.6 is 23.2 Å². The van der Waals surface area contributed by atoms with E-state index in [9.17, 15) is 10.2 Å². The molecule has 48 heavy (non-hydrogen) atoms. The van der Waals surface area contributed by atoms with E-state index in [0.29, 0.717) is 62.5 Å². The summed E-state index contributed by atoms with van der Waals surface area (Å²) in [6, 6.07) is 11.5. The molecule has 0 bridgehead atoms. The van der Waals surface area contributed by atoms with Gasteiger partial charge in [0.1, 0.15) is 11.4 Å². The van der Waals surface area contributed by atoms with Gasteiger partial charge in [0.05, 0.1) is 60.3 Å². The summed E-state index contributed by atoms with van der Waals surface area (Å²) in [5, 5.41) is 24.7. The molecule has 9 nitrogen and oxygen atoms in total. The van der Waals surface area contributed by atoms with Crippen LogP contribution in [0.4, 0.5) is 0 Å². The van der Waals surface area contributed by atoms with Crippen molar-refractivity contribution < 1.29 is 19.7 Å². The first kappa shape index (κ1) is 34.5. The molecule has 0 amide bonds. The Morgan fingerprint density at radius 1 is 0.729 bits per heavy atom. The van der Waals surface area contributed by atoms with Crippen molar-refractivity contribution >= 4 is 23.2 Å². The highest BCUT2D eigenvalue weighted by molar-refractivity contribution is 6.39. The quantitative estimate of drug-likeness (QED) is 0.132. The number of nitrogens with one attached hydrogen (secondary N) is 1. The molecule has 0 aliphatic heterocycles. The van der Waals surface area contributed by atoms with Gasteiger partial charge in [0.2, 0.25) is 11.8 Å². The maximum atomic E-state index is 10.2. The van der Waals surface area contributed by atoms with Crippen LogP contribution in [0.15, 0.2) is 48.8 Å². The molecule has 6 rings (SSSR count). The van der Waals surface area contributed by atoms with Crippen LogP contribution in [0, 0.1) is 11.8 Å². The number of hydrogen-bond donors (Lipinski definition) is 3. The lowest BCUT2D eigenvalue weighted by molar-refractivity contribution is 0.127. The molecule has 2 fully saturated rings. The molecular weight excluding hydrogens is 649 g/mol. The summed E-state index contributed by atoms with van der Waals surface area (Å²) in [6.45, 7) is 1.20. The molecular formula is C37H43Cl2N5O4. The number of aliphatic hydroxyl groups is 2. The van der Waals surface area contributed by atoms with Gasteiger partial charge in [-0.1, -0.05) is 72.4 Å². The van der Waals surface area contributed by atoms with Gasteiger partial charge < -0.3 is 25.0 Å². The summed E-state index contributed by atoms with van der Waals surface area (Å²) in [5.74, 6) is 1.52. The Balaban J connectivity index is 1.21. The highest BCUT2D eigenvalue weighted by Crippen LogP contribution is 2.42. The van der Waals surface area contributed by atoms with E-state index in [0.717, 1.165) is 81.2 Å². The molecule has 3 N–H and O–H groups in total. The van der Waals surface area contributed by atoms with Crippen molar-refractivity contribution in [2.45, 2.75) is 76.5 Å². The van der Waals surface area contributed by atoms with E-state index in [1.807, 2.05) is 36.4 Å². The van der Waals surface area contributed by atoms with Gasteiger partial charge in [0.15, 0.2) is 0 Å².